The topological polar surface area (TPSA) is 9.23 Å². The third kappa shape index (κ3) is 5.12. The van der Waals surface area contributed by atoms with E-state index in [9.17, 15) is 0 Å². The van der Waals surface area contributed by atoms with Gasteiger partial charge in [0.2, 0.25) is 0 Å². The maximum Gasteiger partial charge on any atom is 0.144 e. The molecular formula is C29H31IO. The summed E-state index contributed by atoms with van der Waals surface area (Å²) < 4.78 is 9.48. The second-order valence-electron chi connectivity index (χ2n) is 8.43. The minimum Gasteiger partial charge on any atom is -0.353 e. The molecule has 0 radical (unpaired) electrons. The molecule has 3 aromatic rings. The zero-order valence-corrected chi connectivity index (χ0v) is 20.2. The van der Waals surface area contributed by atoms with Crippen LogP contribution in [0.4, 0.5) is 0 Å². The van der Waals surface area contributed by atoms with Crippen molar-refractivity contribution in [3.05, 3.63) is 118 Å². The third-order valence-electron chi connectivity index (χ3n) is 6.48. The van der Waals surface area contributed by atoms with Gasteiger partial charge in [-0.3, -0.25) is 0 Å². The van der Waals surface area contributed by atoms with E-state index in [-0.39, 0.29) is 6.10 Å². The van der Waals surface area contributed by atoms with Gasteiger partial charge in [0.15, 0.2) is 0 Å². The lowest BCUT2D eigenvalue weighted by Crippen LogP contribution is -2.39. The van der Waals surface area contributed by atoms with Crippen molar-refractivity contribution >= 4 is 22.6 Å². The maximum atomic E-state index is 7.34. The molecule has 0 spiro atoms. The number of hydrogen-bond donors (Lipinski definition) is 0. The average Bonchev–Trinajstić information content (AvgIpc) is 3.13. The smallest absolute Gasteiger partial charge is 0.144 e. The van der Waals surface area contributed by atoms with E-state index in [1.165, 1.54) is 55.2 Å². The van der Waals surface area contributed by atoms with E-state index < -0.39 is 5.60 Å². The molecule has 0 N–H and O–H groups in total. The summed E-state index contributed by atoms with van der Waals surface area (Å²) in [4.78, 5) is 0. The lowest BCUT2D eigenvalue weighted by atomic mass is 9.79. The van der Waals surface area contributed by atoms with Crippen LogP contribution in [0.25, 0.3) is 0 Å². The number of halogens is 1. The van der Waals surface area contributed by atoms with Gasteiger partial charge in [-0.15, -0.1) is 0 Å². The predicted octanol–water partition coefficient (Wildman–Crippen LogP) is 8.28. The molecule has 1 nitrogen and oxygen atoms in total. The van der Waals surface area contributed by atoms with E-state index in [4.69, 9.17) is 4.74 Å². The first kappa shape index (κ1) is 22.3. The lowest BCUT2D eigenvalue weighted by Gasteiger charge is -2.40. The van der Waals surface area contributed by atoms with Crippen LogP contribution < -0.4 is 0 Å². The molecule has 1 atom stereocenters. The summed E-state index contributed by atoms with van der Waals surface area (Å²) in [6.07, 6.45) is 10.1. The van der Waals surface area contributed by atoms with E-state index in [1.54, 1.807) is 0 Å². The molecule has 2 heteroatoms. The number of ether oxygens (including phenoxy) is 1. The molecule has 160 valence electrons. The highest BCUT2D eigenvalue weighted by Gasteiger charge is 2.40. The van der Waals surface area contributed by atoms with E-state index in [2.05, 4.69) is 124 Å². The Morgan fingerprint density at radius 2 is 1.10 bits per heavy atom. The van der Waals surface area contributed by atoms with Gasteiger partial charge in [-0.1, -0.05) is 139 Å². The number of benzene rings is 3. The standard InChI is InChI=1S/C29H31IO/c30-23-22-28(24-14-6-1-2-7-15-24)31-29(25-16-8-3-9-17-25,26-18-10-4-11-19-26)27-20-12-5-13-21-27/h3-5,8-13,16-24,28H,1-2,6-7,14-15H2. The van der Waals surface area contributed by atoms with Gasteiger partial charge >= 0.3 is 0 Å². The Labute approximate surface area is 200 Å². The first-order chi connectivity index (χ1) is 15.3. The highest BCUT2D eigenvalue weighted by Crippen LogP contribution is 2.43. The molecule has 1 saturated carbocycles. The molecule has 1 fully saturated rings. The normalized spacial score (nSPS) is 16.8. The van der Waals surface area contributed by atoms with Crippen LogP contribution in [-0.4, -0.2) is 6.10 Å². The monoisotopic (exact) mass is 522 g/mol. The number of rotatable bonds is 7. The maximum absolute atomic E-state index is 7.34. The second kappa shape index (κ2) is 11.1. The first-order valence-corrected chi connectivity index (χ1v) is 12.7. The molecular weight excluding hydrogens is 491 g/mol. The van der Waals surface area contributed by atoms with Crippen molar-refractivity contribution < 1.29 is 4.74 Å². The van der Waals surface area contributed by atoms with Gasteiger partial charge in [0.05, 0.1) is 6.10 Å². The van der Waals surface area contributed by atoms with Crippen molar-refractivity contribution in [2.45, 2.75) is 50.2 Å². The van der Waals surface area contributed by atoms with Crippen molar-refractivity contribution in [3.63, 3.8) is 0 Å². The molecule has 0 amide bonds. The zero-order valence-electron chi connectivity index (χ0n) is 18.0. The fraction of sp³-hybridized carbons (Fsp3) is 0.310. The van der Waals surface area contributed by atoms with Gasteiger partial charge in [-0.25, -0.2) is 0 Å². The van der Waals surface area contributed by atoms with Crippen molar-refractivity contribution in [1.29, 1.82) is 0 Å². The zero-order chi connectivity index (χ0) is 21.4. The number of hydrogen-bond acceptors (Lipinski definition) is 1. The van der Waals surface area contributed by atoms with Crippen LogP contribution in [-0.2, 0) is 10.3 Å². The lowest BCUT2D eigenvalue weighted by molar-refractivity contribution is -0.0528. The van der Waals surface area contributed by atoms with Crippen LogP contribution in [0.3, 0.4) is 0 Å². The van der Waals surface area contributed by atoms with E-state index in [0.29, 0.717) is 5.92 Å². The molecule has 0 aliphatic heterocycles. The highest BCUT2D eigenvalue weighted by molar-refractivity contribution is 14.1. The van der Waals surface area contributed by atoms with Crippen LogP contribution in [0, 0.1) is 5.92 Å². The Morgan fingerprint density at radius 3 is 1.48 bits per heavy atom. The molecule has 0 bridgehead atoms. The minimum atomic E-state index is -0.656. The average molecular weight is 522 g/mol. The van der Waals surface area contributed by atoms with Crippen molar-refractivity contribution in [2.75, 3.05) is 0 Å². The van der Waals surface area contributed by atoms with Crippen molar-refractivity contribution in [3.8, 4) is 0 Å². The van der Waals surface area contributed by atoms with E-state index >= 15 is 0 Å². The van der Waals surface area contributed by atoms with Crippen LogP contribution in [0.5, 0.6) is 0 Å². The predicted molar refractivity (Wildman–Crippen MR) is 138 cm³/mol. The van der Waals surface area contributed by atoms with Crippen LogP contribution >= 0.6 is 22.6 Å². The summed E-state index contributed by atoms with van der Waals surface area (Å²) in [7, 11) is 0. The Balaban J connectivity index is 1.88. The Kier molecular flexibility index (Phi) is 7.98. The highest BCUT2D eigenvalue weighted by atomic mass is 127. The Hall–Kier alpha value is -1.91. The SMILES string of the molecule is IC=CC(OC(c1ccccc1)(c1ccccc1)c1ccccc1)C1CCCCCC1. The molecule has 0 aromatic heterocycles. The van der Waals surface area contributed by atoms with E-state index in [1.807, 2.05) is 0 Å². The molecule has 1 aliphatic rings. The third-order valence-corrected chi connectivity index (χ3v) is 6.90. The van der Waals surface area contributed by atoms with Gasteiger partial charge in [-0.2, -0.15) is 0 Å². The summed E-state index contributed by atoms with van der Waals surface area (Å²) in [6, 6.07) is 32.2. The van der Waals surface area contributed by atoms with Crippen LogP contribution in [0.15, 0.2) is 101 Å². The summed E-state index contributed by atoms with van der Waals surface area (Å²) in [5, 5.41) is 0. The van der Waals surface area contributed by atoms with Gasteiger partial charge in [0.1, 0.15) is 5.60 Å². The summed E-state index contributed by atoms with van der Waals surface area (Å²) in [5.74, 6) is 0.545. The van der Waals surface area contributed by atoms with Crippen LogP contribution in [0.1, 0.15) is 55.2 Å². The summed E-state index contributed by atoms with van der Waals surface area (Å²) in [5.41, 5.74) is 2.87. The molecule has 3 aromatic carbocycles. The molecule has 31 heavy (non-hydrogen) atoms. The van der Waals surface area contributed by atoms with Crippen molar-refractivity contribution in [1.82, 2.24) is 0 Å². The van der Waals surface area contributed by atoms with E-state index in [0.717, 1.165) is 0 Å². The summed E-state index contributed by atoms with van der Waals surface area (Å²) >= 11 is 2.34. The fourth-order valence-corrected chi connectivity index (χ4v) is 5.34. The first-order valence-electron chi connectivity index (χ1n) is 11.5. The fourth-order valence-electron chi connectivity index (χ4n) is 4.93. The second-order valence-corrected chi connectivity index (χ2v) is 9.15. The van der Waals surface area contributed by atoms with Gasteiger partial charge in [-0.05, 0) is 45.6 Å². The largest absolute Gasteiger partial charge is 0.353 e. The van der Waals surface area contributed by atoms with Gasteiger partial charge < -0.3 is 4.74 Å². The van der Waals surface area contributed by atoms with Crippen molar-refractivity contribution in [2.24, 2.45) is 5.92 Å². The van der Waals surface area contributed by atoms with Gasteiger partial charge in [0, 0.05) is 0 Å². The van der Waals surface area contributed by atoms with Crippen LogP contribution in [0.2, 0.25) is 0 Å². The minimum absolute atomic E-state index is 0.0654. The molecule has 1 unspecified atom stereocenters. The Morgan fingerprint density at radius 1 is 0.677 bits per heavy atom. The Bertz CT molecular complexity index is 832. The molecule has 0 saturated heterocycles. The quantitative estimate of drug-likeness (QED) is 0.172. The van der Waals surface area contributed by atoms with Gasteiger partial charge in [0.25, 0.3) is 0 Å². The molecule has 0 heterocycles. The molecule has 4 rings (SSSR count). The summed E-state index contributed by atoms with van der Waals surface area (Å²) in [6.45, 7) is 0. The molecule has 1 aliphatic carbocycles.